The lowest BCUT2D eigenvalue weighted by atomic mass is 9.91. The molecule has 0 spiro atoms. The van der Waals surface area contributed by atoms with Crippen LogP contribution >= 0.6 is 68.1 Å². The normalized spacial score (nSPS) is 14.8. The molecule has 1 aliphatic rings. The molecule has 1 aliphatic heterocycles. The molecule has 0 N–H and O–H groups in total. The van der Waals surface area contributed by atoms with Crippen molar-refractivity contribution in [3.8, 4) is 5.75 Å². The molecule has 6 rings (SSSR count). The average molecular weight is 847 g/mol. The Hall–Kier alpha value is -3.00. The summed E-state index contributed by atoms with van der Waals surface area (Å²) in [5, 5.41) is 2.67. The van der Waals surface area contributed by atoms with Crippen LogP contribution < -0.4 is 19.6 Å². The van der Waals surface area contributed by atoms with Gasteiger partial charge in [-0.05, 0) is 117 Å². The number of aromatic nitrogens is 1. The zero-order valence-corrected chi connectivity index (χ0v) is 29.5. The molecule has 0 radical (unpaired) electrons. The van der Waals surface area contributed by atoms with Gasteiger partial charge in [0.1, 0.15) is 12.4 Å². The molecular formula is C34H25ClI2N2O4S. The number of fused-ring (bicyclic) bond motifs is 2. The predicted molar refractivity (Wildman–Crippen MR) is 192 cm³/mol. The summed E-state index contributed by atoms with van der Waals surface area (Å²) in [6, 6.07) is 24.8. The third-order valence-corrected chi connectivity index (χ3v) is 10.1. The highest BCUT2D eigenvalue weighted by molar-refractivity contribution is 14.1. The monoisotopic (exact) mass is 846 g/mol. The SMILES string of the molecule is CCOC(=O)C1=C(C)N=c2s/c(=C/c3cc(I)c(OCc4ccc(Cl)cc4)c(I)c3)c(=O)n2[C@@H]1c1cccc2ccccc12. The second kappa shape index (κ2) is 13.2. The number of esters is 1. The molecule has 1 aromatic heterocycles. The van der Waals surface area contributed by atoms with Gasteiger partial charge in [0.15, 0.2) is 4.80 Å². The van der Waals surface area contributed by atoms with Crippen LogP contribution in [0.1, 0.15) is 36.6 Å². The van der Waals surface area contributed by atoms with Gasteiger partial charge in [-0.1, -0.05) is 77.5 Å². The summed E-state index contributed by atoms with van der Waals surface area (Å²) in [7, 11) is 0. The van der Waals surface area contributed by atoms with Crippen LogP contribution in [0.5, 0.6) is 5.75 Å². The highest BCUT2D eigenvalue weighted by Crippen LogP contribution is 2.35. The molecule has 0 bridgehead atoms. The third-order valence-electron chi connectivity index (χ3n) is 7.25. The third kappa shape index (κ3) is 6.11. The topological polar surface area (TPSA) is 69.9 Å². The fourth-order valence-corrected chi connectivity index (χ4v) is 8.56. The van der Waals surface area contributed by atoms with Gasteiger partial charge in [0.05, 0.1) is 35.6 Å². The van der Waals surface area contributed by atoms with Crippen LogP contribution in [-0.4, -0.2) is 17.1 Å². The largest absolute Gasteiger partial charge is 0.487 e. The van der Waals surface area contributed by atoms with Crippen molar-refractivity contribution < 1.29 is 14.3 Å². The van der Waals surface area contributed by atoms with Crippen molar-refractivity contribution in [3.63, 3.8) is 0 Å². The first kappa shape index (κ1) is 31.0. The van der Waals surface area contributed by atoms with E-state index in [-0.39, 0.29) is 12.2 Å². The van der Waals surface area contributed by atoms with Crippen molar-refractivity contribution >= 4 is 90.9 Å². The molecule has 5 aromatic rings. The molecule has 0 fully saturated rings. The van der Waals surface area contributed by atoms with Crippen molar-refractivity contribution in [1.29, 1.82) is 0 Å². The van der Waals surface area contributed by atoms with Crippen LogP contribution in [0.2, 0.25) is 5.02 Å². The van der Waals surface area contributed by atoms with E-state index in [4.69, 9.17) is 26.1 Å². The lowest BCUT2D eigenvalue weighted by molar-refractivity contribution is -0.139. The van der Waals surface area contributed by atoms with Crippen LogP contribution in [0.3, 0.4) is 0 Å². The Kier molecular flexibility index (Phi) is 9.27. The summed E-state index contributed by atoms with van der Waals surface area (Å²) >= 11 is 11.8. The molecule has 44 heavy (non-hydrogen) atoms. The minimum Gasteiger partial charge on any atom is -0.487 e. The Bertz CT molecular complexity index is 2110. The van der Waals surface area contributed by atoms with Crippen molar-refractivity contribution in [2.24, 2.45) is 4.99 Å². The minimum atomic E-state index is -0.678. The minimum absolute atomic E-state index is 0.214. The Labute approximate surface area is 290 Å². The van der Waals surface area contributed by atoms with Gasteiger partial charge in [0.2, 0.25) is 0 Å². The summed E-state index contributed by atoms with van der Waals surface area (Å²) in [5.74, 6) is 0.310. The van der Waals surface area contributed by atoms with Crippen molar-refractivity contribution in [2.75, 3.05) is 6.61 Å². The average Bonchev–Trinajstić information content (AvgIpc) is 3.30. The van der Waals surface area contributed by atoms with Crippen molar-refractivity contribution in [1.82, 2.24) is 4.57 Å². The van der Waals surface area contributed by atoms with Crippen molar-refractivity contribution in [3.05, 3.63) is 139 Å². The zero-order chi connectivity index (χ0) is 31.0. The Balaban J connectivity index is 1.44. The maximum Gasteiger partial charge on any atom is 0.338 e. The van der Waals surface area contributed by atoms with Gasteiger partial charge in [-0.15, -0.1) is 0 Å². The van der Waals surface area contributed by atoms with Gasteiger partial charge in [0, 0.05) is 5.02 Å². The zero-order valence-electron chi connectivity index (χ0n) is 23.6. The van der Waals surface area contributed by atoms with Crippen LogP contribution in [0.25, 0.3) is 16.8 Å². The van der Waals surface area contributed by atoms with E-state index in [2.05, 4.69) is 45.2 Å². The molecule has 10 heteroatoms. The van der Waals surface area contributed by atoms with E-state index in [1.807, 2.05) is 84.9 Å². The van der Waals surface area contributed by atoms with Gasteiger partial charge in [-0.25, -0.2) is 9.79 Å². The smallest absolute Gasteiger partial charge is 0.338 e. The summed E-state index contributed by atoms with van der Waals surface area (Å²) in [6.07, 6.45) is 1.88. The number of nitrogens with zero attached hydrogens (tertiary/aromatic N) is 2. The molecule has 0 saturated carbocycles. The van der Waals surface area contributed by atoms with Gasteiger partial charge in [-0.3, -0.25) is 9.36 Å². The van der Waals surface area contributed by atoms with E-state index in [0.717, 1.165) is 40.4 Å². The number of carbonyl (C=O) groups is 1. The number of benzene rings is 4. The summed E-state index contributed by atoms with van der Waals surface area (Å²) in [4.78, 5) is 32.8. The lowest BCUT2D eigenvalue weighted by Gasteiger charge is -2.25. The first-order valence-corrected chi connectivity index (χ1v) is 17.1. The second-order valence-corrected chi connectivity index (χ2v) is 13.9. The van der Waals surface area contributed by atoms with Crippen LogP contribution in [-0.2, 0) is 16.1 Å². The van der Waals surface area contributed by atoms with Gasteiger partial charge in [0.25, 0.3) is 5.56 Å². The first-order valence-electron chi connectivity index (χ1n) is 13.8. The van der Waals surface area contributed by atoms with Gasteiger partial charge < -0.3 is 9.47 Å². The molecule has 0 aliphatic carbocycles. The van der Waals surface area contributed by atoms with Gasteiger partial charge in [-0.2, -0.15) is 0 Å². The van der Waals surface area contributed by atoms with E-state index in [1.165, 1.54) is 11.3 Å². The quantitative estimate of drug-likeness (QED) is 0.127. The van der Waals surface area contributed by atoms with Gasteiger partial charge >= 0.3 is 5.97 Å². The summed E-state index contributed by atoms with van der Waals surface area (Å²) < 4.78 is 15.6. The fourth-order valence-electron chi connectivity index (χ4n) is 5.26. The van der Waals surface area contributed by atoms with E-state index < -0.39 is 12.0 Å². The highest BCUT2D eigenvalue weighted by Gasteiger charge is 2.34. The van der Waals surface area contributed by atoms with E-state index in [0.29, 0.717) is 32.2 Å². The number of rotatable bonds is 7. The number of halogens is 3. The summed E-state index contributed by atoms with van der Waals surface area (Å²) in [6.45, 7) is 4.21. The van der Waals surface area contributed by atoms with E-state index >= 15 is 0 Å². The molecular weight excluding hydrogens is 822 g/mol. The predicted octanol–water partition coefficient (Wildman–Crippen LogP) is 7.39. The molecule has 0 saturated heterocycles. The number of ether oxygens (including phenoxy) is 2. The molecule has 2 heterocycles. The summed E-state index contributed by atoms with van der Waals surface area (Å²) in [5.41, 5.74) is 3.43. The maximum absolute atomic E-state index is 14.2. The molecule has 4 aromatic carbocycles. The molecule has 6 nitrogen and oxygen atoms in total. The molecule has 222 valence electrons. The van der Waals surface area contributed by atoms with E-state index in [1.54, 1.807) is 18.4 Å². The number of allylic oxidation sites excluding steroid dienone is 1. The number of hydrogen-bond acceptors (Lipinski definition) is 6. The lowest BCUT2D eigenvalue weighted by Crippen LogP contribution is -2.40. The van der Waals surface area contributed by atoms with Crippen LogP contribution in [0.15, 0.2) is 99.9 Å². The Morgan fingerprint density at radius 2 is 1.75 bits per heavy atom. The highest BCUT2D eigenvalue weighted by atomic mass is 127. The second-order valence-electron chi connectivity index (χ2n) is 10.1. The molecule has 0 unspecified atom stereocenters. The van der Waals surface area contributed by atoms with Crippen molar-refractivity contribution in [2.45, 2.75) is 26.5 Å². The Morgan fingerprint density at radius 3 is 2.48 bits per heavy atom. The van der Waals surface area contributed by atoms with E-state index in [9.17, 15) is 9.59 Å². The van der Waals surface area contributed by atoms with Crippen LogP contribution in [0.4, 0.5) is 0 Å². The molecule has 0 amide bonds. The number of thiazole rings is 1. The Morgan fingerprint density at radius 1 is 1.05 bits per heavy atom. The standard InChI is InChI=1S/C34H25ClI2N2O4S/c1-3-42-33(41)29-19(2)38-34-39(30(29)25-10-6-8-22-7-4-5-9-24(22)25)32(40)28(44-34)17-21-15-26(36)31(27(37)16-21)43-18-20-11-13-23(35)14-12-20/h4-17,30H,3,18H2,1-2H3/b28-17+/t30-/m1/s1. The molecule has 1 atom stereocenters. The van der Waals surface area contributed by atoms with Crippen LogP contribution in [0, 0.1) is 7.14 Å². The maximum atomic E-state index is 14.2. The first-order chi connectivity index (χ1) is 21.2. The number of hydrogen-bond donors (Lipinski definition) is 0. The number of carbonyl (C=O) groups excluding carboxylic acids is 1. The fraction of sp³-hybridized carbons (Fsp3) is 0.147.